The van der Waals surface area contributed by atoms with E-state index >= 15 is 0 Å². The minimum atomic E-state index is -1.27. The molecule has 0 spiro atoms. The largest absolute Gasteiger partial charge is 0.463 e. The number of nitrogen functional groups attached to an aromatic ring is 1. The van der Waals surface area contributed by atoms with Crippen LogP contribution in [-0.4, -0.2) is 66.4 Å². The number of aliphatic hydroxyl groups is 3. The molecule has 2 aromatic heterocycles. The van der Waals surface area contributed by atoms with Crippen LogP contribution in [0.3, 0.4) is 0 Å². The summed E-state index contributed by atoms with van der Waals surface area (Å²) in [5.74, 6) is 0.113. The molecule has 4 atom stereocenters. The Morgan fingerprint density at radius 3 is 2.62 bits per heavy atom. The molecule has 1 fully saturated rings. The summed E-state index contributed by atoms with van der Waals surface area (Å²) in [5.41, 5.74) is 7.61. The second-order valence-corrected chi connectivity index (χ2v) is 7.11. The molecule has 5 N–H and O–H groups in total. The van der Waals surface area contributed by atoms with Gasteiger partial charge in [-0.25, -0.2) is 4.98 Å². The van der Waals surface area contributed by atoms with Gasteiger partial charge in [-0.05, 0) is 17.7 Å². The smallest absolute Gasteiger partial charge is 0.320 e. The van der Waals surface area contributed by atoms with Crippen molar-refractivity contribution < 1.29 is 24.8 Å². The Kier molecular flexibility index (Phi) is 5.52. The van der Waals surface area contributed by atoms with Gasteiger partial charge in [-0.3, -0.25) is 4.57 Å². The number of fused-ring (bicyclic) bond motifs is 1. The minimum Gasteiger partial charge on any atom is -0.463 e. The molecule has 1 aliphatic heterocycles. The molecule has 1 aliphatic rings. The lowest BCUT2D eigenvalue weighted by molar-refractivity contribution is -0.0511. The molecule has 0 aliphatic carbocycles. The number of aromatic nitrogens is 4. The molecule has 3 heterocycles. The zero-order valence-corrected chi connectivity index (χ0v) is 16.0. The van der Waals surface area contributed by atoms with Crippen LogP contribution in [-0.2, 0) is 11.2 Å². The Labute approximate surface area is 170 Å². The van der Waals surface area contributed by atoms with Crippen molar-refractivity contribution >= 4 is 28.6 Å². The number of hydrogen-bond acceptors (Lipinski definition) is 9. The van der Waals surface area contributed by atoms with E-state index in [0.717, 1.165) is 5.56 Å². The van der Waals surface area contributed by atoms with E-state index in [1.165, 1.54) is 10.9 Å². The second-order valence-electron chi connectivity index (χ2n) is 6.67. The van der Waals surface area contributed by atoms with Gasteiger partial charge in [0.1, 0.15) is 18.3 Å². The van der Waals surface area contributed by atoms with Crippen LogP contribution in [0.2, 0.25) is 5.02 Å². The fourth-order valence-electron chi connectivity index (χ4n) is 3.19. The maximum atomic E-state index is 10.3. The first kappa shape index (κ1) is 19.8. The number of rotatable bonds is 6. The molecule has 0 unspecified atom stereocenters. The van der Waals surface area contributed by atoms with Crippen molar-refractivity contribution in [3.05, 3.63) is 41.2 Å². The number of imidazole rings is 1. The van der Waals surface area contributed by atoms with Gasteiger partial charge < -0.3 is 30.5 Å². The molecule has 4 rings (SSSR count). The van der Waals surface area contributed by atoms with Crippen LogP contribution in [0.15, 0.2) is 30.6 Å². The van der Waals surface area contributed by atoms with E-state index in [1.807, 2.05) is 12.1 Å². The third-order valence-corrected chi connectivity index (χ3v) is 5.01. The molecular formula is C18H20ClN5O5. The van der Waals surface area contributed by atoms with E-state index in [1.54, 1.807) is 12.1 Å². The summed E-state index contributed by atoms with van der Waals surface area (Å²) in [4.78, 5) is 12.6. The van der Waals surface area contributed by atoms with Gasteiger partial charge in [-0.15, -0.1) is 0 Å². The summed E-state index contributed by atoms with van der Waals surface area (Å²) in [6, 6.07) is 7.47. The predicted molar refractivity (Wildman–Crippen MR) is 103 cm³/mol. The molecule has 0 radical (unpaired) electrons. The number of halogens is 1. The van der Waals surface area contributed by atoms with Gasteiger partial charge in [0.05, 0.1) is 19.5 Å². The standard InChI is InChI=1S/C18H20ClN5O5/c19-10-3-1-9(2-4-10)5-6-28-18-22-15(20)12-16(23-18)24(8-21-12)17-14(27)13(26)11(7-25)29-17/h1-4,8,11,13-14,17,25-27H,5-7H2,(H2,20,22,23)/t11-,13-,14+,17-/m1/s1. The summed E-state index contributed by atoms with van der Waals surface area (Å²) < 4.78 is 12.6. The summed E-state index contributed by atoms with van der Waals surface area (Å²) in [6.45, 7) is -0.119. The van der Waals surface area contributed by atoms with Crippen LogP contribution >= 0.6 is 11.6 Å². The molecule has 11 heteroatoms. The topological polar surface area (TPSA) is 149 Å². The highest BCUT2D eigenvalue weighted by Gasteiger charge is 2.44. The summed E-state index contributed by atoms with van der Waals surface area (Å²) in [5, 5.41) is 30.2. The fraction of sp³-hybridized carbons (Fsp3) is 0.389. The lowest BCUT2D eigenvalue weighted by Gasteiger charge is -2.16. The molecule has 0 bridgehead atoms. The maximum absolute atomic E-state index is 10.3. The molecule has 1 aromatic carbocycles. The molecule has 0 amide bonds. The Morgan fingerprint density at radius 1 is 1.17 bits per heavy atom. The number of aliphatic hydroxyl groups excluding tert-OH is 3. The number of hydrogen-bond donors (Lipinski definition) is 4. The van der Waals surface area contributed by atoms with Crippen LogP contribution in [0, 0.1) is 0 Å². The van der Waals surface area contributed by atoms with Crippen LogP contribution < -0.4 is 10.5 Å². The minimum absolute atomic E-state index is 0.0532. The van der Waals surface area contributed by atoms with Crippen molar-refractivity contribution in [2.45, 2.75) is 31.0 Å². The average Bonchev–Trinajstić information content (AvgIpc) is 3.25. The Balaban J connectivity index is 1.54. The van der Waals surface area contributed by atoms with Crippen molar-refractivity contribution in [3.63, 3.8) is 0 Å². The maximum Gasteiger partial charge on any atom is 0.320 e. The normalized spacial score (nSPS) is 24.3. The first-order valence-electron chi connectivity index (χ1n) is 8.97. The molecule has 10 nitrogen and oxygen atoms in total. The lowest BCUT2D eigenvalue weighted by atomic mass is 10.1. The predicted octanol–water partition coefficient (Wildman–Crippen LogP) is 0.295. The molecule has 0 saturated carbocycles. The van der Waals surface area contributed by atoms with Gasteiger partial charge in [0.25, 0.3) is 0 Å². The summed E-state index contributed by atoms with van der Waals surface area (Å²) >= 11 is 5.88. The average molecular weight is 422 g/mol. The van der Waals surface area contributed by atoms with Gasteiger partial charge in [0.15, 0.2) is 23.2 Å². The number of nitrogens with two attached hydrogens (primary N) is 1. The van der Waals surface area contributed by atoms with Gasteiger partial charge in [0.2, 0.25) is 0 Å². The van der Waals surface area contributed by atoms with Crippen LogP contribution in [0.5, 0.6) is 6.01 Å². The zero-order valence-electron chi connectivity index (χ0n) is 15.2. The monoisotopic (exact) mass is 421 g/mol. The summed E-state index contributed by atoms with van der Waals surface area (Å²) in [6.07, 6.45) is -2.41. The van der Waals surface area contributed by atoms with Gasteiger partial charge >= 0.3 is 6.01 Å². The van der Waals surface area contributed by atoms with E-state index in [-0.39, 0.29) is 17.5 Å². The number of anilines is 1. The third-order valence-electron chi connectivity index (χ3n) is 4.75. The van der Waals surface area contributed by atoms with Crippen LogP contribution in [0.4, 0.5) is 5.82 Å². The van der Waals surface area contributed by atoms with Crippen LogP contribution in [0.25, 0.3) is 11.2 Å². The number of nitrogens with zero attached hydrogens (tertiary/aromatic N) is 4. The van der Waals surface area contributed by atoms with Crippen LogP contribution in [0.1, 0.15) is 11.8 Å². The molecule has 154 valence electrons. The first-order chi connectivity index (χ1) is 14.0. The lowest BCUT2D eigenvalue weighted by Crippen LogP contribution is -2.33. The second kappa shape index (κ2) is 8.09. The van der Waals surface area contributed by atoms with E-state index in [0.29, 0.717) is 23.6 Å². The van der Waals surface area contributed by atoms with Crippen molar-refractivity contribution in [2.75, 3.05) is 18.9 Å². The quantitative estimate of drug-likeness (QED) is 0.440. The summed E-state index contributed by atoms with van der Waals surface area (Å²) in [7, 11) is 0. The third kappa shape index (κ3) is 3.85. The highest BCUT2D eigenvalue weighted by atomic mass is 35.5. The van der Waals surface area contributed by atoms with Crippen molar-refractivity contribution in [3.8, 4) is 6.01 Å². The van der Waals surface area contributed by atoms with Gasteiger partial charge in [-0.1, -0.05) is 23.7 Å². The van der Waals surface area contributed by atoms with E-state index in [4.69, 9.17) is 26.8 Å². The highest BCUT2D eigenvalue weighted by Crippen LogP contribution is 2.32. The Bertz CT molecular complexity index is 998. The zero-order chi connectivity index (χ0) is 20.5. The van der Waals surface area contributed by atoms with E-state index in [9.17, 15) is 15.3 Å². The Morgan fingerprint density at radius 2 is 1.93 bits per heavy atom. The van der Waals surface area contributed by atoms with Crippen molar-refractivity contribution in [1.82, 2.24) is 19.5 Å². The highest BCUT2D eigenvalue weighted by molar-refractivity contribution is 6.30. The van der Waals surface area contributed by atoms with Gasteiger partial charge in [0, 0.05) is 11.4 Å². The van der Waals surface area contributed by atoms with Crippen molar-refractivity contribution in [1.29, 1.82) is 0 Å². The van der Waals surface area contributed by atoms with E-state index in [2.05, 4.69) is 15.0 Å². The first-order valence-corrected chi connectivity index (χ1v) is 9.35. The molecule has 29 heavy (non-hydrogen) atoms. The number of ether oxygens (including phenoxy) is 2. The molecule has 1 saturated heterocycles. The fourth-order valence-corrected chi connectivity index (χ4v) is 3.32. The SMILES string of the molecule is Nc1nc(OCCc2ccc(Cl)cc2)nc2c1ncn2[C@@H]1O[C@H](CO)[C@@H](O)[C@@H]1O. The number of benzene rings is 1. The molecular weight excluding hydrogens is 402 g/mol. The van der Waals surface area contributed by atoms with Crippen molar-refractivity contribution in [2.24, 2.45) is 0 Å². The van der Waals surface area contributed by atoms with E-state index < -0.39 is 31.1 Å². The molecule has 3 aromatic rings. The Hall–Kier alpha value is -2.50. The van der Waals surface area contributed by atoms with Gasteiger partial charge in [-0.2, -0.15) is 9.97 Å².